The van der Waals surface area contributed by atoms with Crippen LogP contribution in [0.25, 0.3) is 0 Å². The number of hydrogen-bond acceptors (Lipinski definition) is 3. The Hall–Kier alpha value is -1.56. The third-order valence-corrected chi connectivity index (χ3v) is 3.43. The maximum absolute atomic E-state index is 12.0. The summed E-state index contributed by atoms with van der Waals surface area (Å²) in [6.45, 7) is 5.40. The molecule has 0 radical (unpaired) electrons. The summed E-state index contributed by atoms with van der Waals surface area (Å²) in [5, 5.41) is 6.46. The number of hydrogen-bond donors (Lipinski definition) is 2. The Balaban J connectivity index is 2.59. The van der Waals surface area contributed by atoms with Crippen molar-refractivity contribution in [1.29, 1.82) is 0 Å². The topological polar surface area (TPSA) is 67.4 Å². The fourth-order valence-corrected chi connectivity index (χ4v) is 2.28. The van der Waals surface area contributed by atoms with Crippen molar-refractivity contribution in [3.8, 4) is 0 Å². The molecule has 2 amide bonds. The fraction of sp³-hybridized carbons (Fsp3) is 0.529. The number of halogens is 1. The molecule has 0 unspecified atom stereocenters. The van der Waals surface area contributed by atoms with Gasteiger partial charge in [0.15, 0.2) is 0 Å². The molecule has 6 heteroatoms. The molecule has 1 rings (SSSR count). The van der Waals surface area contributed by atoms with E-state index >= 15 is 0 Å². The number of amides is 2. The molecule has 0 bridgehead atoms. The summed E-state index contributed by atoms with van der Waals surface area (Å²) in [5.74, 6) is -0.0574. The van der Waals surface area contributed by atoms with Gasteiger partial charge < -0.3 is 10.1 Å². The molecule has 1 aromatic rings. The Morgan fingerprint density at radius 2 is 1.65 bits per heavy atom. The van der Waals surface area contributed by atoms with Crippen molar-refractivity contribution in [3.63, 3.8) is 0 Å². The maximum Gasteiger partial charge on any atom is 0.412 e. The Bertz CT molecular complexity index is 527. The van der Waals surface area contributed by atoms with Gasteiger partial charge in [-0.25, -0.2) is 4.79 Å². The smallest absolute Gasteiger partial charge is 0.412 e. The first-order chi connectivity index (χ1) is 10.8. The molecule has 0 aliphatic heterocycles. The molecular weight excluding hydrogens is 360 g/mol. The molecule has 0 spiro atoms. The third kappa shape index (κ3) is 8.59. The zero-order valence-electron chi connectivity index (χ0n) is 13.9. The van der Waals surface area contributed by atoms with Crippen molar-refractivity contribution in [2.75, 3.05) is 16.0 Å². The van der Waals surface area contributed by atoms with Crippen LogP contribution in [0.4, 0.5) is 16.2 Å². The first kappa shape index (κ1) is 19.5. The minimum Gasteiger partial charge on any atom is -0.444 e. The average molecular weight is 385 g/mol. The number of benzene rings is 1. The average Bonchev–Trinajstić information content (AvgIpc) is 2.44. The van der Waals surface area contributed by atoms with Crippen LogP contribution in [0.1, 0.15) is 46.5 Å². The van der Waals surface area contributed by atoms with Crippen LogP contribution in [0.3, 0.4) is 0 Å². The molecular formula is C17H25BrN2O3. The number of rotatable bonds is 7. The number of carbonyl (C=O) groups is 2. The summed E-state index contributed by atoms with van der Waals surface area (Å²) in [7, 11) is 0. The van der Waals surface area contributed by atoms with Crippen molar-refractivity contribution < 1.29 is 14.3 Å². The van der Waals surface area contributed by atoms with E-state index in [1.807, 2.05) is 0 Å². The molecule has 0 saturated carbocycles. The van der Waals surface area contributed by atoms with Gasteiger partial charge in [-0.15, -0.1) is 0 Å². The quantitative estimate of drug-likeness (QED) is 0.517. The highest BCUT2D eigenvalue weighted by atomic mass is 79.9. The van der Waals surface area contributed by atoms with Crippen LogP contribution in [0.15, 0.2) is 24.3 Å². The van der Waals surface area contributed by atoms with Crippen molar-refractivity contribution in [3.05, 3.63) is 24.3 Å². The van der Waals surface area contributed by atoms with Crippen LogP contribution in [0.2, 0.25) is 0 Å². The Morgan fingerprint density at radius 1 is 1.04 bits per heavy atom. The van der Waals surface area contributed by atoms with Crippen LogP contribution in [0.5, 0.6) is 0 Å². The molecule has 0 saturated heterocycles. The minimum atomic E-state index is -0.572. The molecule has 0 aliphatic carbocycles. The first-order valence-corrected chi connectivity index (χ1v) is 8.89. The highest BCUT2D eigenvalue weighted by Gasteiger charge is 2.17. The van der Waals surface area contributed by atoms with Crippen molar-refractivity contribution >= 4 is 39.3 Å². The summed E-state index contributed by atoms with van der Waals surface area (Å²) in [6.07, 6.45) is 2.84. The second-order valence-electron chi connectivity index (χ2n) is 6.22. The van der Waals surface area contributed by atoms with Gasteiger partial charge in [0.05, 0.1) is 11.4 Å². The van der Waals surface area contributed by atoms with E-state index in [9.17, 15) is 9.59 Å². The van der Waals surface area contributed by atoms with Gasteiger partial charge in [-0.05, 0) is 45.7 Å². The summed E-state index contributed by atoms with van der Waals surface area (Å²) in [4.78, 5) is 23.8. The van der Waals surface area contributed by atoms with E-state index in [1.165, 1.54) is 0 Å². The number of para-hydroxylation sites is 2. The normalized spacial score (nSPS) is 11.0. The predicted octanol–water partition coefficient (Wildman–Crippen LogP) is 4.93. The first-order valence-electron chi connectivity index (χ1n) is 7.76. The largest absolute Gasteiger partial charge is 0.444 e. The van der Waals surface area contributed by atoms with E-state index in [2.05, 4.69) is 26.6 Å². The molecule has 128 valence electrons. The minimum absolute atomic E-state index is 0.0574. The van der Waals surface area contributed by atoms with Gasteiger partial charge in [0, 0.05) is 11.8 Å². The predicted molar refractivity (Wildman–Crippen MR) is 97.2 cm³/mol. The lowest BCUT2D eigenvalue weighted by molar-refractivity contribution is -0.116. The third-order valence-electron chi connectivity index (χ3n) is 2.87. The highest BCUT2D eigenvalue weighted by molar-refractivity contribution is 9.09. The summed E-state index contributed by atoms with van der Waals surface area (Å²) in [5.41, 5.74) is 0.525. The molecule has 5 nitrogen and oxygen atoms in total. The maximum atomic E-state index is 12.0. The van der Waals surface area contributed by atoms with Crippen molar-refractivity contribution in [1.82, 2.24) is 0 Å². The van der Waals surface area contributed by atoms with Gasteiger partial charge in [-0.3, -0.25) is 10.1 Å². The molecule has 0 heterocycles. The summed E-state index contributed by atoms with van der Waals surface area (Å²) >= 11 is 3.37. The molecule has 1 aromatic carbocycles. The second kappa shape index (κ2) is 9.55. The zero-order chi connectivity index (χ0) is 17.3. The van der Waals surface area contributed by atoms with Crippen molar-refractivity contribution in [2.24, 2.45) is 0 Å². The standard InChI is InChI=1S/C17H25BrN2O3/c1-17(2,3)23-16(22)20-14-10-7-6-9-13(14)19-15(21)11-5-4-8-12-18/h6-7,9-10H,4-5,8,11-12H2,1-3H3,(H,19,21)(H,20,22). The van der Waals surface area contributed by atoms with E-state index in [-0.39, 0.29) is 5.91 Å². The van der Waals surface area contributed by atoms with Crippen LogP contribution < -0.4 is 10.6 Å². The monoisotopic (exact) mass is 384 g/mol. The van der Waals surface area contributed by atoms with E-state index < -0.39 is 11.7 Å². The zero-order valence-corrected chi connectivity index (χ0v) is 15.5. The summed E-state index contributed by atoms with van der Waals surface area (Å²) < 4.78 is 5.23. The van der Waals surface area contributed by atoms with Gasteiger partial charge in [-0.1, -0.05) is 34.5 Å². The Labute approximate surface area is 146 Å². The number of anilines is 2. The van der Waals surface area contributed by atoms with E-state index in [0.717, 1.165) is 24.6 Å². The molecule has 23 heavy (non-hydrogen) atoms. The molecule has 0 atom stereocenters. The van der Waals surface area contributed by atoms with Crippen LogP contribution in [-0.4, -0.2) is 22.9 Å². The highest BCUT2D eigenvalue weighted by Crippen LogP contribution is 2.22. The number of carbonyl (C=O) groups excluding carboxylic acids is 2. The lowest BCUT2D eigenvalue weighted by Crippen LogP contribution is -2.27. The number of unbranched alkanes of at least 4 members (excludes halogenated alkanes) is 2. The van der Waals surface area contributed by atoms with Crippen molar-refractivity contribution in [2.45, 2.75) is 52.1 Å². The molecule has 0 aromatic heterocycles. The molecule has 0 aliphatic rings. The van der Waals surface area contributed by atoms with E-state index in [4.69, 9.17) is 4.74 Å². The van der Waals surface area contributed by atoms with E-state index in [0.29, 0.717) is 17.8 Å². The number of ether oxygens (including phenoxy) is 1. The van der Waals surface area contributed by atoms with Gasteiger partial charge >= 0.3 is 6.09 Å². The van der Waals surface area contributed by atoms with Gasteiger partial charge in [0.1, 0.15) is 5.60 Å². The van der Waals surface area contributed by atoms with E-state index in [1.54, 1.807) is 45.0 Å². The molecule has 0 fully saturated rings. The van der Waals surface area contributed by atoms with Gasteiger partial charge in [0.2, 0.25) is 5.91 Å². The lowest BCUT2D eigenvalue weighted by atomic mass is 10.2. The number of nitrogens with one attached hydrogen (secondary N) is 2. The van der Waals surface area contributed by atoms with Gasteiger partial charge in [-0.2, -0.15) is 0 Å². The number of alkyl halides is 1. The molecule has 2 N–H and O–H groups in total. The second-order valence-corrected chi connectivity index (χ2v) is 7.01. The SMILES string of the molecule is CC(C)(C)OC(=O)Nc1ccccc1NC(=O)CCCCCBr. The fourth-order valence-electron chi connectivity index (χ4n) is 1.88. The lowest BCUT2D eigenvalue weighted by Gasteiger charge is -2.20. The summed E-state index contributed by atoms with van der Waals surface area (Å²) in [6, 6.07) is 7.08. The Morgan fingerprint density at radius 3 is 2.22 bits per heavy atom. The van der Waals surface area contributed by atoms with Crippen LogP contribution in [-0.2, 0) is 9.53 Å². The van der Waals surface area contributed by atoms with Gasteiger partial charge in [0.25, 0.3) is 0 Å². The Kier molecular flexibility index (Phi) is 8.09. The van der Waals surface area contributed by atoms with Crippen LogP contribution >= 0.6 is 15.9 Å². The van der Waals surface area contributed by atoms with Crippen LogP contribution in [0, 0.1) is 0 Å².